The van der Waals surface area contributed by atoms with E-state index in [4.69, 9.17) is 4.74 Å². The van der Waals surface area contributed by atoms with E-state index in [1.807, 2.05) is 28.0 Å². The molecule has 3 rings (SSSR count). The van der Waals surface area contributed by atoms with Gasteiger partial charge in [-0.05, 0) is 29.9 Å². The van der Waals surface area contributed by atoms with Crippen molar-refractivity contribution in [1.29, 1.82) is 0 Å². The second kappa shape index (κ2) is 8.95. The highest BCUT2D eigenvalue weighted by Crippen LogP contribution is 2.30. The Labute approximate surface area is 168 Å². The highest BCUT2D eigenvalue weighted by atomic mass is 16.5. The molecule has 2 heterocycles. The van der Waals surface area contributed by atoms with Crippen LogP contribution in [0.15, 0.2) is 24.3 Å². The first-order valence-electron chi connectivity index (χ1n) is 10.3. The van der Waals surface area contributed by atoms with Crippen LogP contribution in [0.2, 0.25) is 0 Å². The van der Waals surface area contributed by atoms with Gasteiger partial charge in [-0.1, -0.05) is 39.0 Å². The van der Waals surface area contributed by atoms with Crippen molar-refractivity contribution < 1.29 is 14.3 Å². The van der Waals surface area contributed by atoms with E-state index in [1.165, 1.54) is 0 Å². The molecule has 2 aliphatic heterocycles. The molecule has 154 valence electrons. The third kappa shape index (κ3) is 5.25. The lowest BCUT2D eigenvalue weighted by Gasteiger charge is -2.35. The highest BCUT2D eigenvalue weighted by molar-refractivity contribution is 5.79. The summed E-state index contributed by atoms with van der Waals surface area (Å²) in [4.78, 5) is 30.8. The van der Waals surface area contributed by atoms with E-state index in [2.05, 4.69) is 31.7 Å². The largest absolute Gasteiger partial charge is 0.483 e. The molecule has 28 heavy (non-hydrogen) atoms. The molecule has 2 fully saturated rings. The minimum Gasteiger partial charge on any atom is -0.483 e. The van der Waals surface area contributed by atoms with Gasteiger partial charge in [-0.2, -0.15) is 0 Å². The van der Waals surface area contributed by atoms with Crippen LogP contribution in [0.1, 0.15) is 39.2 Å². The first-order chi connectivity index (χ1) is 13.3. The summed E-state index contributed by atoms with van der Waals surface area (Å²) in [5.74, 6) is 1.01. The fourth-order valence-electron chi connectivity index (χ4n) is 3.86. The monoisotopic (exact) mass is 387 g/mol. The van der Waals surface area contributed by atoms with Gasteiger partial charge in [0.05, 0.1) is 6.54 Å². The minimum absolute atomic E-state index is 0.00855. The molecule has 1 aromatic carbocycles. The number of piperazine rings is 1. The summed E-state index contributed by atoms with van der Waals surface area (Å²) in [6.07, 6.45) is 2.23. The van der Waals surface area contributed by atoms with Gasteiger partial charge in [0.15, 0.2) is 6.61 Å². The number of benzene rings is 1. The van der Waals surface area contributed by atoms with Gasteiger partial charge < -0.3 is 14.5 Å². The Morgan fingerprint density at radius 1 is 0.893 bits per heavy atom. The fraction of sp³-hybridized carbons (Fsp3) is 0.636. The number of hydrogen-bond acceptors (Lipinski definition) is 4. The van der Waals surface area contributed by atoms with E-state index in [0.29, 0.717) is 19.6 Å². The van der Waals surface area contributed by atoms with Crippen molar-refractivity contribution in [1.82, 2.24) is 14.7 Å². The summed E-state index contributed by atoms with van der Waals surface area (Å²) < 4.78 is 5.87. The molecule has 1 aromatic rings. The SMILES string of the molecule is CC(C)(C)c1ccccc1OCC(=O)N1CCN(CC(=O)N2CCCC2)CC1. The van der Waals surface area contributed by atoms with Crippen LogP contribution in [-0.4, -0.2) is 78.9 Å². The number of amides is 2. The Kier molecular flexibility index (Phi) is 6.60. The number of carbonyl (C=O) groups excluding carboxylic acids is 2. The maximum Gasteiger partial charge on any atom is 0.260 e. The number of likely N-dealkylation sites (tertiary alicyclic amines) is 1. The van der Waals surface area contributed by atoms with Gasteiger partial charge in [0, 0.05) is 39.3 Å². The number of carbonyl (C=O) groups is 2. The van der Waals surface area contributed by atoms with Crippen LogP contribution in [-0.2, 0) is 15.0 Å². The number of ether oxygens (including phenoxy) is 1. The van der Waals surface area contributed by atoms with Crippen LogP contribution in [0.3, 0.4) is 0 Å². The average molecular weight is 388 g/mol. The highest BCUT2D eigenvalue weighted by Gasteiger charge is 2.26. The molecule has 0 N–H and O–H groups in total. The van der Waals surface area contributed by atoms with Crippen LogP contribution >= 0.6 is 0 Å². The lowest BCUT2D eigenvalue weighted by molar-refractivity contribution is -0.136. The second-order valence-electron chi connectivity index (χ2n) is 8.78. The molecule has 0 aliphatic carbocycles. The molecule has 0 unspecified atom stereocenters. The molecule has 0 spiro atoms. The topological polar surface area (TPSA) is 53.1 Å². The van der Waals surface area contributed by atoms with Gasteiger partial charge in [0.25, 0.3) is 5.91 Å². The molecule has 0 aromatic heterocycles. The Morgan fingerprint density at radius 2 is 1.50 bits per heavy atom. The van der Waals surface area contributed by atoms with Crippen LogP contribution in [0.5, 0.6) is 5.75 Å². The second-order valence-corrected chi connectivity index (χ2v) is 8.78. The minimum atomic E-state index is -0.0346. The van der Waals surface area contributed by atoms with Crippen molar-refractivity contribution in [3.63, 3.8) is 0 Å². The first-order valence-corrected chi connectivity index (χ1v) is 10.3. The lowest BCUT2D eigenvalue weighted by Crippen LogP contribution is -2.52. The van der Waals surface area contributed by atoms with Crippen molar-refractivity contribution in [2.45, 2.75) is 39.0 Å². The zero-order valence-electron chi connectivity index (χ0n) is 17.4. The summed E-state index contributed by atoms with van der Waals surface area (Å²) in [5, 5.41) is 0. The molecular weight excluding hydrogens is 354 g/mol. The normalized spacial score (nSPS) is 18.4. The zero-order chi connectivity index (χ0) is 20.1. The Bertz CT molecular complexity index is 685. The lowest BCUT2D eigenvalue weighted by atomic mass is 9.86. The van der Waals surface area contributed by atoms with E-state index >= 15 is 0 Å². The maximum atomic E-state index is 12.6. The first kappa shape index (κ1) is 20.6. The van der Waals surface area contributed by atoms with Gasteiger partial charge in [-0.15, -0.1) is 0 Å². The smallest absolute Gasteiger partial charge is 0.260 e. The third-order valence-corrected chi connectivity index (χ3v) is 5.59. The molecule has 0 atom stereocenters. The van der Waals surface area contributed by atoms with Crippen molar-refractivity contribution in [3.05, 3.63) is 29.8 Å². The van der Waals surface area contributed by atoms with E-state index in [0.717, 1.165) is 50.3 Å². The number of hydrogen-bond donors (Lipinski definition) is 0. The van der Waals surface area contributed by atoms with E-state index in [9.17, 15) is 9.59 Å². The molecule has 0 radical (unpaired) electrons. The molecule has 0 saturated carbocycles. The zero-order valence-corrected chi connectivity index (χ0v) is 17.4. The number of para-hydroxylation sites is 1. The molecular formula is C22H33N3O3. The van der Waals surface area contributed by atoms with Crippen molar-refractivity contribution in [3.8, 4) is 5.75 Å². The molecule has 0 bridgehead atoms. The van der Waals surface area contributed by atoms with Crippen LogP contribution in [0.4, 0.5) is 0 Å². The quantitative estimate of drug-likeness (QED) is 0.777. The van der Waals surface area contributed by atoms with Gasteiger partial charge in [-0.3, -0.25) is 14.5 Å². The van der Waals surface area contributed by atoms with Crippen molar-refractivity contribution in [2.24, 2.45) is 0 Å². The predicted octanol–water partition coefficient (Wildman–Crippen LogP) is 2.13. The van der Waals surface area contributed by atoms with Crippen LogP contribution in [0.25, 0.3) is 0 Å². The van der Waals surface area contributed by atoms with E-state index < -0.39 is 0 Å². The van der Waals surface area contributed by atoms with Gasteiger partial charge in [0.1, 0.15) is 5.75 Å². The van der Waals surface area contributed by atoms with Crippen molar-refractivity contribution in [2.75, 3.05) is 52.4 Å². The molecule has 2 saturated heterocycles. The van der Waals surface area contributed by atoms with Gasteiger partial charge in [-0.25, -0.2) is 0 Å². The molecule has 2 amide bonds. The standard InChI is InChI=1S/C22H33N3O3/c1-22(2,3)18-8-4-5-9-19(18)28-17-21(27)25-14-12-23(13-15-25)16-20(26)24-10-6-7-11-24/h4-5,8-9H,6-7,10-17H2,1-3H3. The Balaban J connectivity index is 1.45. The van der Waals surface area contributed by atoms with Gasteiger partial charge in [0.2, 0.25) is 5.91 Å². The summed E-state index contributed by atoms with van der Waals surface area (Å²) in [7, 11) is 0. The average Bonchev–Trinajstić information content (AvgIpc) is 3.21. The fourth-order valence-corrected chi connectivity index (χ4v) is 3.86. The maximum absolute atomic E-state index is 12.6. The number of rotatable bonds is 5. The van der Waals surface area contributed by atoms with Gasteiger partial charge >= 0.3 is 0 Å². The van der Waals surface area contributed by atoms with E-state index in [1.54, 1.807) is 0 Å². The third-order valence-electron chi connectivity index (χ3n) is 5.59. The summed E-state index contributed by atoms with van der Waals surface area (Å²) in [6, 6.07) is 7.91. The molecule has 6 nitrogen and oxygen atoms in total. The van der Waals surface area contributed by atoms with E-state index in [-0.39, 0.29) is 23.8 Å². The molecule has 2 aliphatic rings. The summed E-state index contributed by atoms with van der Waals surface area (Å²) in [6.45, 7) is 11.5. The Morgan fingerprint density at radius 3 is 2.14 bits per heavy atom. The number of nitrogens with zero attached hydrogens (tertiary/aromatic N) is 3. The van der Waals surface area contributed by atoms with Crippen LogP contribution < -0.4 is 4.74 Å². The van der Waals surface area contributed by atoms with Crippen LogP contribution in [0, 0.1) is 0 Å². The predicted molar refractivity (Wildman–Crippen MR) is 109 cm³/mol. The molecule has 6 heteroatoms. The summed E-state index contributed by atoms with van der Waals surface area (Å²) in [5.41, 5.74) is 1.07. The Hall–Kier alpha value is -2.08. The van der Waals surface area contributed by atoms with Crippen molar-refractivity contribution >= 4 is 11.8 Å². The summed E-state index contributed by atoms with van der Waals surface area (Å²) >= 11 is 0.